The molecule has 1 aromatic carbocycles. The molecule has 6 nitrogen and oxygen atoms in total. The molecular formula is C17H24N4O2. The number of benzene rings is 1. The van der Waals surface area contributed by atoms with E-state index >= 15 is 0 Å². The van der Waals surface area contributed by atoms with Gasteiger partial charge in [-0.05, 0) is 30.5 Å². The maximum atomic E-state index is 12.3. The van der Waals surface area contributed by atoms with Gasteiger partial charge in [0.25, 0.3) is 0 Å². The number of hydrogen-bond acceptors (Lipinski definition) is 4. The molecule has 0 aliphatic carbocycles. The Morgan fingerprint density at radius 3 is 2.43 bits per heavy atom. The molecule has 0 fully saturated rings. The Balaban J connectivity index is 1.90. The first-order valence-corrected chi connectivity index (χ1v) is 7.93. The third-order valence-electron chi connectivity index (χ3n) is 3.58. The van der Waals surface area contributed by atoms with Crippen molar-refractivity contribution in [3.05, 3.63) is 42.2 Å². The number of rotatable bonds is 8. The number of aromatic nitrogens is 3. The molecule has 2 aromatic rings. The van der Waals surface area contributed by atoms with E-state index in [1.807, 2.05) is 31.2 Å². The third-order valence-corrected chi connectivity index (χ3v) is 3.58. The quantitative estimate of drug-likeness (QED) is 0.809. The zero-order valence-electron chi connectivity index (χ0n) is 13.9. The average molecular weight is 316 g/mol. The van der Waals surface area contributed by atoms with E-state index in [9.17, 15) is 4.79 Å². The Hall–Kier alpha value is -2.37. The van der Waals surface area contributed by atoms with Crippen molar-refractivity contribution in [3.63, 3.8) is 0 Å². The van der Waals surface area contributed by atoms with Crippen molar-refractivity contribution in [2.45, 2.75) is 39.8 Å². The van der Waals surface area contributed by atoms with Crippen LogP contribution in [0.15, 0.2) is 36.7 Å². The molecule has 0 saturated heterocycles. The van der Waals surface area contributed by atoms with Gasteiger partial charge in [0.05, 0.1) is 38.0 Å². The molecule has 124 valence electrons. The minimum atomic E-state index is -0.00222. The zero-order chi connectivity index (χ0) is 16.7. The molecule has 0 aliphatic rings. The fraction of sp³-hybridized carbons (Fsp3) is 0.471. The van der Waals surface area contributed by atoms with Gasteiger partial charge >= 0.3 is 0 Å². The van der Waals surface area contributed by atoms with Crippen LogP contribution in [0.1, 0.15) is 26.3 Å². The lowest BCUT2D eigenvalue weighted by atomic mass is 10.0. The summed E-state index contributed by atoms with van der Waals surface area (Å²) in [5.74, 6) is 1.12. The number of nitrogens with zero attached hydrogens (tertiary/aromatic N) is 3. The lowest BCUT2D eigenvalue weighted by molar-refractivity contribution is -0.121. The maximum Gasteiger partial charge on any atom is 0.224 e. The molecule has 2 rings (SSSR count). The fourth-order valence-electron chi connectivity index (χ4n) is 2.25. The van der Waals surface area contributed by atoms with Crippen LogP contribution < -0.4 is 10.1 Å². The van der Waals surface area contributed by atoms with Gasteiger partial charge in [-0.2, -0.15) is 15.0 Å². The van der Waals surface area contributed by atoms with Crippen LogP contribution in [-0.4, -0.2) is 33.5 Å². The Morgan fingerprint density at radius 2 is 1.87 bits per heavy atom. The molecule has 23 heavy (non-hydrogen) atoms. The Kier molecular flexibility index (Phi) is 6.14. The number of carbonyl (C=O) groups is 1. The number of ether oxygens (including phenoxy) is 1. The van der Waals surface area contributed by atoms with Gasteiger partial charge in [-0.25, -0.2) is 0 Å². The van der Waals surface area contributed by atoms with Gasteiger partial charge in [0, 0.05) is 0 Å². The second-order valence-corrected chi connectivity index (χ2v) is 5.76. The lowest BCUT2D eigenvalue weighted by Crippen LogP contribution is -2.42. The summed E-state index contributed by atoms with van der Waals surface area (Å²) in [4.78, 5) is 13.9. The predicted octanol–water partition coefficient (Wildman–Crippen LogP) is 2.06. The largest absolute Gasteiger partial charge is 0.494 e. The van der Waals surface area contributed by atoms with E-state index in [-0.39, 0.29) is 11.9 Å². The third kappa shape index (κ3) is 5.39. The number of carbonyl (C=O) groups excluding carboxylic acids is 1. The van der Waals surface area contributed by atoms with Crippen molar-refractivity contribution in [2.75, 3.05) is 6.61 Å². The molecule has 1 N–H and O–H groups in total. The molecule has 0 radical (unpaired) electrons. The van der Waals surface area contributed by atoms with Gasteiger partial charge in [-0.15, -0.1) is 0 Å². The van der Waals surface area contributed by atoms with E-state index in [0.717, 1.165) is 11.3 Å². The maximum absolute atomic E-state index is 12.3. The van der Waals surface area contributed by atoms with Gasteiger partial charge in [-0.3, -0.25) is 4.79 Å². The number of hydrogen-bond donors (Lipinski definition) is 1. The van der Waals surface area contributed by atoms with Gasteiger partial charge in [0.2, 0.25) is 5.91 Å². The SMILES string of the molecule is CCOc1ccc(CC(=O)N[C@@H](Cn2nccn2)C(C)C)cc1. The fourth-order valence-corrected chi connectivity index (χ4v) is 2.25. The van der Waals surface area contributed by atoms with Crippen LogP contribution in [0.5, 0.6) is 5.75 Å². The second kappa shape index (κ2) is 8.31. The van der Waals surface area contributed by atoms with Gasteiger partial charge < -0.3 is 10.1 Å². The highest BCUT2D eigenvalue weighted by Gasteiger charge is 2.17. The van der Waals surface area contributed by atoms with Crippen LogP contribution in [0.4, 0.5) is 0 Å². The van der Waals surface area contributed by atoms with E-state index in [4.69, 9.17) is 4.74 Å². The summed E-state index contributed by atoms with van der Waals surface area (Å²) in [7, 11) is 0. The summed E-state index contributed by atoms with van der Waals surface area (Å²) in [6.07, 6.45) is 3.63. The van der Waals surface area contributed by atoms with Crippen LogP contribution >= 0.6 is 0 Å². The monoisotopic (exact) mass is 316 g/mol. The molecule has 0 bridgehead atoms. The minimum absolute atomic E-state index is 0.0000148. The van der Waals surface area contributed by atoms with E-state index in [0.29, 0.717) is 25.5 Å². The molecule has 0 spiro atoms. The van der Waals surface area contributed by atoms with Crippen molar-refractivity contribution in [3.8, 4) is 5.75 Å². The number of amides is 1. The molecule has 0 saturated carbocycles. The van der Waals surface area contributed by atoms with E-state index in [1.54, 1.807) is 17.2 Å². The Labute approximate surface area is 136 Å². The standard InChI is InChI=1S/C17H24N4O2/c1-4-23-15-7-5-14(6-8-15)11-17(22)20-16(13(2)3)12-21-18-9-10-19-21/h5-10,13,16H,4,11-12H2,1-3H3,(H,20,22)/t16-/m0/s1. The highest BCUT2D eigenvalue weighted by atomic mass is 16.5. The highest BCUT2D eigenvalue weighted by Crippen LogP contribution is 2.13. The summed E-state index contributed by atoms with van der Waals surface area (Å²) in [5.41, 5.74) is 0.964. The van der Waals surface area contributed by atoms with Crippen LogP contribution in [0, 0.1) is 5.92 Å². The Bertz CT molecular complexity index is 594. The molecule has 1 amide bonds. The first-order chi connectivity index (χ1) is 11.1. The van der Waals surface area contributed by atoms with Crippen molar-refractivity contribution in [2.24, 2.45) is 5.92 Å². The minimum Gasteiger partial charge on any atom is -0.494 e. The van der Waals surface area contributed by atoms with Crippen molar-refractivity contribution < 1.29 is 9.53 Å². The van der Waals surface area contributed by atoms with Crippen LogP contribution in [0.3, 0.4) is 0 Å². The summed E-state index contributed by atoms with van der Waals surface area (Å²) in [6.45, 7) is 7.30. The lowest BCUT2D eigenvalue weighted by Gasteiger charge is -2.21. The van der Waals surface area contributed by atoms with E-state index < -0.39 is 0 Å². The zero-order valence-corrected chi connectivity index (χ0v) is 13.9. The molecule has 1 aromatic heterocycles. The second-order valence-electron chi connectivity index (χ2n) is 5.76. The van der Waals surface area contributed by atoms with Gasteiger partial charge in [0.15, 0.2) is 0 Å². The molecule has 0 unspecified atom stereocenters. The Morgan fingerprint density at radius 1 is 1.22 bits per heavy atom. The van der Waals surface area contributed by atoms with E-state index in [1.165, 1.54) is 0 Å². The first-order valence-electron chi connectivity index (χ1n) is 7.93. The summed E-state index contributed by atoms with van der Waals surface area (Å²) >= 11 is 0. The van der Waals surface area contributed by atoms with Crippen molar-refractivity contribution >= 4 is 5.91 Å². The molecule has 6 heteroatoms. The van der Waals surface area contributed by atoms with E-state index in [2.05, 4.69) is 29.4 Å². The summed E-state index contributed by atoms with van der Waals surface area (Å²) in [6, 6.07) is 7.62. The summed E-state index contributed by atoms with van der Waals surface area (Å²) in [5, 5.41) is 11.3. The molecule has 0 aliphatic heterocycles. The highest BCUT2D eigenvalue weighted by molar-refractivity contribution is 5.78. The normalized spacial score (nSPS) is 12.2. The van der Waals surface area contributed by atoms with Crippen LogP contribution in [0.25, 0.3) is 0 Å². The molecule has 1 heterocycles. The smallest absolute Gasteiger partial charge is 0.224 e. The molecular weight excluding hydrogens is 292 g/mol. The topological polar surface area (TPSA) is 69.0 Å². The van der Waals surface area contributed by atoms with Crippen LogP contribution in [-0.2, 0) is 17.8 Å². The van der Waals surface area contributed by atoms with Gasteiger partial charge in [-0.1, -0.05) is 26.0 Å². The average Bonchev–Trinajstić information content (AvgIpc) is 3.02. The van der Waals surface area contributed by atoms with Crippen LogP contribution in [0.2, 0.25) is 0 Å². The predicted molar refractivity (Wildman–Crippen MR) is 88.1 cm³/mol. The van der Waals surface area contributed by atoms with Gasteiger partial charge in [0.1, 0.15) is 5.75 Å². The van der Waals surface area contributed by atoms with Crippen molar-refractivity contribution in [1.29, 1.82) is 0 Å². The van der Waals surface area contributed by atoms with Crippen molar-refractivity contribution in [1.82, 2.24) is 20.3 Å². The summed E-state index contributed by atoms with van der Waals surface area (Å²) < 4.78 is 5.40. The molecule has 1 atom stereocenters. The first kappa shape index (κ1) is 17.0. The number of nitrogens with one attached hydrogen (secondary N) is 1.